The van der Waals surface area contributed by atoms with E-state index < -0.39 is 0 Å². The molecule has 4 heteroatoms. The average Bonchev–Trinajstić information content (AvgIpc) is 3.16. The molecule has 2 N–H and O–H groups in total. The van der Waals surface area contributed by atoms with E-state index in [4.69, 9.17) is 5.73 Å². The van der Waals surface area contributed by atoms with Crippen LogP contribution in [-0.2, 0) is 9.59 Å². The number of carbonyl (C=O) groups excluding carboxylic acids is 2. The Hall–Kier alpha value is -1.06. The maximum Gasteiger partial charge on any atom is 0.222 e. The summed E-state index contributed by atoms with van der Waals surface area (Å²) in [6.07, 6.45) is 57.9. The van der Waals surface area contributed by atoms with Gasteiger partial charge in [-0.1, -0.05) is 258 Å². The molecule has 0 rings (SSSR count). The van der Waals surface area contributed by atoms with Gasteiger partial charge in [-0.25, -0.2) is 0 Å². The van der Waals surface area contributed by atoms with E-state index >= 15 is 0 Å². The lowest BCUT2D eigenvalue weighted by Crippen LogP contribution is -2.32. The number of hydrogen-bond donors (Lipinski definition) is 1. The minimum absolute atomic E-state index is 0.169. The lowest BCUT2D eigenvalue weighted by molar-refractivity contribution is -0.131. The van der Waals surface area contributed by atoms with E-state index in [1.54, 1.807) is 0 Å². The summed E-state index contributed by atoms with van der Waals surface area (Å²) in [5, 5.41) is 0. The fourth-order valence-electron chi connectivity index (χ4n) is 8.21. The van der Waals surface area contributed by atoms with Crippen LogP contribution in [0.1, 0.15) is 296 Å². The van der Waals surface area contributed by atoms with Crippen molar-refractivity contribution in [2.24, 2.45) is 5.73 Å². The third kappa shape index (κ3) is 43.7. The quantitative estimate of drug-likeness (QED) is 0.0628. The number of nitrogens with two attached hydrogens (primary N) is 1. The highest BCUT2D eigenvalue weighted by molar-refractivity contribution is 5.76. The van der Waals surface area contributed by atoms with E-state index in [2.05, 4.69) is 18.7 Å². The van der Waals surface area contributed by atoms with Crippen LogP contribution in [0.25, 0.3) is 0 Å². The van der Waals surface area contributed by atoms with Gasteiger partial charge in [0.15, 0.2) is 0 Å². The van der Waals surface area contributed by atoms with Gasteiger partial charge in [-0.15, -0.1) is 0 Å². The Morgan fingerprint density at radius 1 is 0.296 bits per heavy atom. The molecular formula is C50H100N2O2. The van der Waals surface area contributed by atoms with Gasteiger partial charge in [-0.3, -0.25) is 9.59 Å². The highest BCUT2D eigenvalue weighted by atomic mass is 16.2. The zero-order valence-corrected chi connectivity index (χ0v) is 37.4. The SMILES string of the molecule is CCCCCCCCCCCCCCCCCCN(CCCCCCCCCCCCCCCCCC)C(=O)CCCCCCCCCCCCC(N)=O. The summed E-state index contributed by atoms with van der Waals surface area (Å²) in [7, 11) is 0. The molecular weight excluding hydrogens is 661 g/mol. The molecule has 54 heavy (non-hydrogen) atoms. The highest BCUT2D eigenvalue weighted by Crippen LogP contribution is 2.17. The van der Waals surface area contributed by atoms with Crippen molar-refractivity contribution in [2.45, 2.75) is 296 Å². The van der Waals surface area contributed by atoms with Crippen LogP contribution in [-0.4, -0.2) is 29.8 Å². The van der Waals surface area contributed by atoms with Crippen LogP contribution >= 0.6 is 0 Å². The second-order valence-corrected chi connectivity index (χ2v) is 17.5. The average molecular weight is 761 g/mol. The Labute approximate surface area is 340 Å². The third-order valence-electron chi connectivity index (χ3n) is 12.0. The normalized spacial score (nSPS) is 11.4. The van der Waals surface area contributed by atoms with E-state index in [1.807, 2.05) is 0 Å². The van der Waals surface area contributed by atoms with Gasteiger partial charge in [0.1, 0.15) is 0 Å². The van der Waals surface area contributed by atoms with E-state index in [9.17, 15) is 9.59 Å². The van der Waals surface area contributed by atoms with Gasteiger partial charge in [0.2, 0.25) is 11.8 Å². The highest BCUT2D eigenvalue weighted by Gasteiger charge is 2.13. The van der Waals surface area contributed by atoms with E-state index in [-0.39, 0.29) is 5.91 Å². The molecule has 0 aromatic rings. The summed E-state index contributed by atoms with van der Waals surface area (Å²) in [4.78, 5) is 26.4. The molecule has 0 fully saturated rings. The van der Waals surface area contributed by atoms with Gasteiger partial charge >= 0.3 is 0 Å². The van der Waals surface area contributed by atoms with Crippen molar-refractivity contribution >= 4 is 11.8 Å². The predicted octanol–water partition coefficient (Wildman–Crippen LogP) is 16.5. The molecule has 0 saturated carbocycles. The molecule has 0 radical (unpaired) electrons. The van der Waals surface area contributed by atoms with Crippen molar-refractivity contribution in [1.29, 1.82) is 0 Å². The molecule has 322 valence electrons. The smallest absolute Gasteiger partial charge is 0.222 e. The number of hydrogen-bond acceptors (Lipinski definition) is 2. The van der Waals surface area contributed by atoms with E-state index in [1.165, 1.54) is 250 Å². The van der Waals surface area contributed by atoms with Crippen LogP contribution < -0.4 is 5.73 Å². The van der Waals surface area contributed by atoms with Crippen molar-refractivity contribution in [1.82, 2.24) is 4.90 Å². The van der Waals surface area contributed by atoms with Crippen molar-refractivity contribution in [3.05, 3.63) is 0 Å². The molecule has 4 nitrogen and oxygen atoms in total. The summed E-state index contributed by atoms with van der Waals surface area (Å²) in [5.41, 5.74) is 5.23. The molecule has 0 spiro atoms. The lowest BCUT2D eigenvalue weighted by Gasteiger charge is -2.23. The molecule has 0 saturated heterocycles. The summed E-state index contributed by atoms with van der Waals surface area (Å²) < 4.78 is 0. The van der Waals surface area contributed by atoms with Crippen molar-refractivity contribution in [2.75, 3.05) is 13.1 Å². The van der Waals surface area contributed by atoms with Gasteiger partial charge in [0.05, 0.1) is 0 Å². The molecule has 0 heterocycles. The minimum atomic E-state index is -0.169. The number of nitrogens with zero attached hydrogens (tertiary/aromatic N) is 1. The fourth-order valence-corrected chi connectivity index (χ4v) is 8.21. The molecule has 0 aromatic heterocycles. The fraction of sp³-hybridized carbons (Fsp3) is 0.960. The van der Waals surface area contributed by atoms with Gasteiger partial charge in [-0.05, 0) is 25.7 Å². The van der Waals surface area contributed by atoms with Crippen molar-refractivity contribution in [3.63, 3.8) is 0 Å². The molecule has 0 unspecified atom stereocenters. The molecule has 0 atom stereocenters. The third-order valence-corrected chi connectivity index (χ3v) is 12.0. The molecule has 0 aromatic carbocycles. The maximum atomic E-state index is 13.3. The first kappa shape index (κ1) is 52.9. The Bertz CT molecular complexity index is 704. The van der Waals surface area contributed by atoms with E-state index in [0.717, 1.165) is 38.8 Å². The number of rotatable bonds is 47. The lowest BCUT2D eigenvalue weighted by atomic mass is 10.0. The van der Waals surface area contributed by atoms with Crippen molar-refractivity contribution < 1.29 is 9.59 Å². The van der Waals surface area contributed by atoms with Crippen LogP contribution in [0.2, 0.25) is 0 Å². The number of unbranched alkanes of at least 4 members (excludes halogenated alkanes) is 39. The van der Waals surface area contributed by atoms with Gasteiger partial charge < -0.3 is 10.6 Å². The number of primary amides is 1. The first-order valence-electron chi connectivity index (χ1n) is 25.2. The number of carbonyl (C=O) groups is 2. The standard InChI is InChI=1S/C50H100N2O2/c1-3-5-7-9-11-13-15-17-19-21-23-27-31-35-39-43-47-52(50(54)46-42-38-34-30-26-25-29-33-37-41-45-49(51)53)48-44-40-36-32-28-24-22-20-18-16-14-12-10-8-6-4-2/h3-48H2,1-2H3,(H2,51,53). The first-order chi connectivity index (χ1) is 26.6. The molecule has 0 bridgehead atoms. The van der Waals surface area contributed by atoms with Crippen molar-refractivity contribution in [3.8, 4) is 0 Å². The zero-order chi connectivity index (χ0) is 39.3. The zero-order valence-electron chi connectivity index (χ0n) is 37.4. The monoisotopic (exact) mass is 761 g/mol. The Kier molecular flexibility index (Phi) is 45.4. The topological polar surface area (TPSA) is 63.4 Å². The number of amides is 2. The largest absolute Gasteiger partial charge is 0.370 e. The van der Waals surface area contributed by atoms with Crippen LogP contribution in [0, 0.1) is 0 Å². The maximum absolute atomic E-state index is 13.3. The Morgan fingerprint density at radius 2 is 0.500 bits per heavy atom. The molecule has 0 aliphatic rings. The summed E-state index contributed by atoms with van der Waals surface area (Å²) in [6.45, 7) is 6.56. The Morgan fingerprint density at radius 3 is 0.741 bits per heavy atom. The van der Waals surface area contributed by atoms with Crippen LogP contribution in [0.4, 0.5) is 0 Å². The van der Waals surface area contributed by atoms with Crippen LogP contribution in [0.15, 0.2) is 0 Å². The summed E-state index contributed by atoms with van der Waals surface area (Å²) in [5.74, 6) is 0.255. The molecule has 0 aliphatic carbocycles. The molecule has 2 amide bonds. The summed E-state index contributed by atoms with van der Waals surface area (Å²) >= 11 is 0. The van der Waals surface area contributed by atoms with Gasteiger partial charge in [0.25, 0.3) is 0 Å². The van der Waals surface area contributed by atoms with Crippen LogP contribution in [0.5, 0.6) is 0 Å². The second-order valence-electron chi connectivity index (χ2n) is 17.5. The van der Waals surface area contributed by atoms with Crippen LogP contribution in [0.3, 0.4) is 0 Å². The minimum Gasteiger partial charge on any atom is -0.370 e. The Balaban J connectivity index is 4.08. The molecule has 0 aliphatic heterocycles. The van der Waals surface area contributed by atoms with E-state index in [0.29, 0.717) is 12.3 Å². The van der Waals surface area contributed by atoms with Gasteiger partial charge in [-0.2, -0.15) is 0 Å². The second kappa shape index (κ2) is 46.3. The van der Waals surface area contributed by atoms with Gasteiger partial charge in [0, 0.05) is 25.9 Å². The summed E-state index contributed by atoms with van der Waals surface area (Å²) in [6, 6.07) is 0. The first-order valence-corrected chi connectivity index (χ1v) is 25.2. The predicted molar refractivity (Wildman–Crippen MR) is 240 cm³/mol.